The standard InChI is InChI=1S/C9H11NO/c1-2-5-9(11)8-6-3-4-7-10-8/h2-4,6-7,9,11H,1,5H2. The molecule has 0 radical (unpaired) electrons. The second kappa shape index (κ2) is 3.88. The summed E-state index contributed by atoms with van der Waals surface area (Å²) in [5, 5.41) is 9.39. The Balaban J connectivity index is 2.68. The molecule has 2 heteroatoms. The lowest BCUT2D eigenvalue weighted by Crippen LogP contribution is -1.97. The van der Waals surface area contributed by atoms with Crippen LogP contribution in [0.25, 0.3) is 0 Å². The number of hydrogen-bond acceptors (Lipinski definition) is 2. The molecule has 58 valence electrons. The van der Waals surface area contributed by atoms with Crippen molar-refractivity contribution in [2.45, 2.75) is 12.5 Å². The third kappa shape index (κ3) is 2.16. The van der Waals surface area contributed by atoms with Gasteiger partial charge in [-0.2, -0.15) is 0 Å². The van der Waals surface area contributed by atoms with Gasteiger partial charge in [0.1, 0.15) is 0 Å². The predicted octanol–water partition coefficient (Wildman–Crippen LogP) is 1.69. The van der Waals surface area contributed by atoms with E-state index in [1.807, 2.05) is 12.1 Å². The van der Waals surface area contributed by atoms with Gasteiger partial charge in [0.05, 0.1) is 11.8 Å². The molecule has 0 aliphatic carbocycles. The fourth-order valence-electron chi connectivity index (χ4n) is 0.852. The van der Waals surface area contributed by atoms with Crippen molar-refractivity contribution >= 4 is 0 Å². The van der Waals surface area contributed by atoms with Crippen LogP contribution in [-0.2, 0) is 0 Å². The van der Waals surface area contributed by atoms with Crippen molar-refractivity contribution < 1.29 is 5.11 Å². The lowest BCUT2D eigenvalue weighted by atomic mass is 10.2. The second-order valence-electron chi connectivity index (χ2n) is 2.29. The summed E-state index contributed by atoms with van der Waals surface area (Å²) in [5.74, 6) is 0. The van der Waals surface area contributed by atoms with Gasteiger partial charge in [0.15, 0.2) is 0 Å². The summed E-state index contributed by atoms with van der Waals surface area (Å²) in [6.45, 7) is 3.54. The molecule has 0 saturated carbocycles. The van der Waals surface area contributed by atoms with E-state index < -0.39 is 6.10 Å². The molecule has 1 heterocycles. The number of rotatable bonds is 3. The lowest BCUT2D eigenvalue weighted by molar-refractivity contribution is 0.177. The highest BCUT2D eigenvalue weighted by Crippen LogP contribution is 2.12. The van der Waals surface area contributed by atoms with Crippen molar-refractivity contribution in [3.63, 3.8) is 0 Å². The number of aliphatic hydroxyl groups excluding tert-OH is 1. The van der Waals surface area contributed by atoms with Crippen LogP contribution in [-0.4, -0.2) is 10.1 Å². The van der Waals surface area contributed by atoms with Crippen LogP contribution in [0, 0.1) is 0 Å². The molecule has 0 aromatic carbocycles. The molecule has 1 aromatic rings. The molecule has 1 rings (SSSR count). The van der Waals surface area contributed by atoms with Gasteiger partial charge in [0.25, 0.3) is 0 Å². The normalized spacial score (nSPS) is 12.5. The van der Waals surface area contributed by atoms with Crippen molar-refractivity contribution in [1.82, 2.24) is 4.98 Å². The maximum atomic E-state index is 9.39. The first-order chi connectivity index (χ1) is 5.34. The molecule has 0 aliphatic heterocycles. The van der Waals surface area contributed by atoms with Crippen LogP contribution in [0.15, 0.2) is 37.1 Å². The van der Waals surface area contributed by atoms with Crippen LogP contribution >= 0.6 is 0 Å². The van der Waals surface area contributed by atoms with E-state index in [-0.39, 0.29) is 0 Å². The Labute approximate surface area is 66.2 Å². The van der Waals surface area contributed by atoms with E-state index >= 15 is 0 Å². The Morgan fingerprint density at radius 3 is 3.00 bits per heavy atom. The van der Waals surface area contributed by atoms with Gasteiger partial charge < -0.3 is 5.11 Å². The van der Waals surface area contributed by atoms with E-state index in [4.69, 9.17) is 0 Å². The first-order valence-corrected chi connectivity index (χ1v) is 3.54. The zero-order valence-electron chi connectivity index (χ0n) is 6.27. The molecule has 1 atom stereocenters. The van der Waals surface area contributed by atoms with E-state index in [0.29, 0.717) is 12.1 Å². The first-order valence-electron chi connectivity index (χ1n) is 3.54. The smallest absolute Gasteiger partial charge is 0.0993 e. The molecule has 1 unspecified atom stereocenters. The Hall–Kier alpha value is -1.15. The molecule has 1 aromatic heterocycles. The Morgan fingerprint density at radius 1 is 1.64 bits per heavy atom. The minimum Gasteiger partial charge on any atom is -0.386 e. The molecular weight excluding hydrogens is 138 g/mol. The van der Waals surface area contributed by atoms with E-state index in [1.165, 1.54) is 0 Å². The summed E-state index contributed by atoms with van der Waals surface area (Å²) >= 11 is 0. The van der Waals surface area contributed by atoms with Crippen LogP contribution in [0.1, 0.15) is 18.2 Å². The fourth-order valence-corrected chi connectivity index (χ4v) is 0.852. The maximum Gasteiger partial charge on any atom is 0.0993 e. The van der Waals surface area contributed by atoms with Crippen LogP contribution < -0.4 is 0 Å². The molecule has 0 amide bonds. The topological polar surface area (TPSA) is 33.1 Å². The monoisotopic (exact) mass is 149 g/mol. The average molecular weight is 149 g/mol. The number of hydrogen-bond donors (Lipinski definition) is 1. The summed E-state index contributed by atoms with van der Waals surface area (Å²) in [6, 6.07) is 5.48. The predicted molar refractivity (Wildman–Crippen MR) is 44.0 cm³/mol. The van der Waals surface area contributed by atoms with Gasteiger partial charge in [-0.25, -0.2) is 0 Å². The van der Waals surface area contributed by atoms with E-state index in [2.05, 4.69) is 11.6 Å². The molecule has 0 saturated heterocycles. The molecule has 1 N–H and O–H groups in total. The second-order valence-corrected chi connectivity index (χ2v) is 2.29. The SMILES string of the molecule is C=CCC(O)c1ccccn1. The van der Waals surface area contributed by atoms with E-state index in [0.717, 1.165) is 0 Å². The van der Waals surface area contributed by atoms with Gasteiger partial charge in [-0.05, 0) is 18.6 Å². The summed E-state index contributed by atoms with van der Waals surface area (Å²) in [4.78, 5) is 4.00. The highest BCUT2D eigenvalue weighted by molar-refractivity contribution is 5.07. The quantitative estimate of drug-likeness (QED) is 0.663. The minimum absolute atomic E-state index is 0.506. The highest BCUT2D eigenvalue weighted by atomic mass is 16.3. The maximum absolute atomic E-state index is 9.39. The third-order valence-electron chi connectivity index (χ3n) is 1.42. The Kier molecular flexibility index (Phi) is 2.81. The number of pyridine rings is 1. The van der Waals surface area contributed by atoms with Gasteiger partial charge >= 0.3 is 0 Å². The van der Waals surface area contributed by atoms with Crippen molar-refractivity contribution in [2.75, 3.05) is 0 Å². The van der Waals surface area contributed by atoms with Crippen molar-refractivity contribution in [3.8, 4) is 0 Å². The van der Waals surface area contributed by atoms with Crippen molar-refractivity contribution in [1.29, 1.82) is 0 Å². The molecular formula is C9H11NO. The van der Waals surface area contributed by atoms with Crippen LogP contribution in [0.2, 0.25) is 0 Å². The van der Waals surface area contributed by atoms with E-state index in [9.17, 15) is 5.11 Å². The minimum atomic E-state index is -0.506. The Bertz CT molecular complexity index is 220. The molecule has 2 nitrogen and oxygen atoms in total. The molecule has 0 spiro atoms. The zero-order valence-corrected chi connectivity index (χ0v) is 6.27. The number of aliphatic hydroxyl groups is 1. The summed E-state index contributed by atoms with van der Waals surface area (Å²) < 4.78 is 0. The molecule has 11 heavy (non-hydrogen) atoms. The van der Waals surface area contributed by atoms with Gasteiger partial charge in [-0.15, -0.1) is 6.58 Å². The Morgan fingerprint density at radius 2 is 2.45 bits per heavy atom. The third-order valence-corrected chi connectivity index (χ3v) is 1.42. The molecule has 0 bridgehead atoms. The van der Waals surface area contributed by atoms with Gasteiger partial charge in [-0.1, -0.05) is 12.1 Å². The van der Waals surface area contributed by atoms with Crippen LogP contribution in [0.4, 0.5) is 0 Å². The van der Waals surface area contributed by atoms with Crippen molar-refractivity contribution in [3.05, 3.63) is 42.7 Å². The molecule has 0 aliphatic rings. The van der Waals surface area contributed by atoms with Gasteiger partial charge in [0.2, 0.25) is 0 Å². The summed E-state index contributed by atoms with van der Waals surface area (Å²) in [5.41, 5.74) is 0.701. The molecule has 0 fully saturated rings. The van der Waals surface area contributed by atoms with Crippen LogP contribution in [0.3, 0.4) is 0 Å². The fraction of sp³-hybridized carbons (Fsp3) is 0.222. The largest absolute Gasteiger partial charge is 0.386 e. The van der Waals surface area contributed by atoms with Crippen molar-refractivity contribution in [2.24, 2.45) is 0 Å². The highest BCUT2D eigenvalue weighted by Gasteiger charge is 2.03. The number of nitrogens with zero attached hydrogens (tertiary/aromatic N) is 1. The zero-order chi connectivity index (χ0) is 8.10. The summed E-state index contributed by atoms with van der Waals surface area (Å²) in [7, 11) is 0. The van der Waals surface area contributed by atoms with Crippen LogP contribution in [0.5, 0.6) is 0 Å². The first kappa shape index (κ1) is 7.95. The average Bonchev–Trinajstić information content (AvgIpc) is 2.07. The summed E-state index contributed by atoms with van der Waals surface area (Å²) in [6.07, 6.45) is 3.39. The number of aromatic nitrogens is 1. The van der Waals surface area contributed by atoms with Gasteiger partial charge in [0, 0.05) is 6.20 Å². The van der Waals surface area contributed by atoms with E-state index in [1.54, 1.807) is 18.3 Å². The van der Waals surface area contributed by atoms with Gasteiger partial charge in [-0.3, -0.25) is 4.98 Å². The lowest BCUT2D eigenvalue weighted by Gasteiger charge is -2.05.